The average Bonchev–Trinajstić information content (AvgIpc) is 3.18. The highest BCUT2D eigenvalue weighted by Gasteiger charge is 2.11. The van der Waals surface area contributed by atoms with Crippen molar-refractivity contribution in [3.63, 3.8) is 0 Å². The summed E-state index contributed by atoms with van der Waals surface area (Å²) >= 11 is 1.19. The first-order valence-electron chi connectivity index (χ1n) is 8.45. The van der Waals surface area contributed by atoms with E-state index in [1.165, 1.54) is 29.2 Å². The van der Waals surface area contributed by atoms with Gasteiger partial charge in [0.25, 0.3) is 0 Å². The highest BCUT2D eigenvalue weighted by atomic mass is 32.2. The molecule has 0 spiro atoms. The minimum atomic E-state index is -0.413. The number of nitrogens with zero attached hydrogens (tertiary/aromatic N) is 4. The third-order valence-electron chi connectivity index (χ3n) is 4.04. The van der Waals surface area contributed by atoms with Gasteiger partial charge in [-0.1, -0.05) is 17.8 Å². The largest absolute Gasteiger partial charge is 0.465 e. The second-order valence-electron chi connectivity index (χ2n) is 6.04. The van der Waals surface area contributed by atoms with Gasteiger partial charge < -0.3 is 10.1 Å². The molecule has 0 saturated heterocycles. The van der Waals surface area contributed by atoms with E-state index in [1.54, 1.807) is 24.3 Å². The van der Waals surface area contributed by atoms with Gasteiger partial charge >= 0.3 is 5.97 Å². The predicted octanol–water partition coefficient (Wildman–Crippen LogP) is 2.80. The van der Waals surface area contributed by atoms with Gasteiger partial charge in [0.1, 0.15) is 0 Å². The van der Waals surface area contributed by atoms with Gasteiger partial charge in [-0.05, 0) is 66.6 Å². The Kier molecular flexibility index (Phi) is 6.05. The zero-order chi connectivity index (χ0) is 20.1. The summed E-state index contributed by atoms with van der Waals surface area (Å²) in [5.41, 5.74) is 4.13. The van der Waals surface area contributed by atoms with E-state index in [0.29, 0.717) is 16.4 Å². The number of aryl methyl sites for hydroxylation is 2. The molecule has 1 amide bonds. The van der Waals surface area contributed by atoms with Crippen molar-refractivity contribution in [2.24, 2.45) is 0 Å². The van der Waals surface area contributed by atoms with E-state index in [0.717, 1.165) is 11.3 Å². The molecule has 1 N–H and O–H groups in total. The van der Waals surface area contributed by atoms with Crippen LogP contribution in [0.1, 0.15) is 21.5 Å². The van der Waals surface area contributed by atoms with Crippen LogP contribution in [0.2, 0.25) is 0 Å². The fourth-order valence-electron chi connectivity index (χ4n) is 2.36. The molecule has 3 aromatic rings. The smallest absolute Gasteiger partial charge is 0.337 e. The van der Waals surface area contributed by atoms with E-state index in [9.17, 15) is 9.59 Å². The van der Waals surface area contributed by atoms with Gasteiger partial charge in [-0.2, -0.15) is 0 Å². The minimum Gasteiger partial charge on any atom is -0.465 e. The molecule has 8 nitrogen and oxygen atoms in total. The van der Waals surface area contributed by atoms with Crippen molar-refractivity contribution in [1.29, 1.82) is 0 Å². The molecule has 0 saturated carbocycles. The number of rotatable bonds is 6. The molecule has 9 heteroatoms. The first-order chi connectivity index (χ1) is 13.5. The number of hydrogen-bond donors (Lipinski definition) is 1. The van der Waals surface area contributed by atoms with E-state index in [-0.39, 0.29) is 11.7 Å². The molecule has 144 valence electrons. The summed E-state index contributed by atoms with van der Waals surface area (Å²) in [7, 11) is 1.33. The standard InChI is InChI=1S/C19H19N5O3S/c1-12-4-7-15(10-13(12)2)20-17(25)11-28-19-21-23-24(22-19)16-8-5-14(6-9-16)18(26)27-3/h4-10H,11H2,1-3H3,(H,20,25). The molecule has 0 aliphatic carbocycles. The summed E-state index contributed by atoms with van der Waals surface area (Å²) in [6, 6.07) is 12.4. The van der Waals surface area contributed by atoms with Crippen LogP contribution >= 0.6 is 11.8 Å². The number of ether oxygens (including phenoxy) is 1. The van der Waals surface area contributed by atoms with Crippen LogP contribution in [-0.4, -0.2) is 44.9 Å². The molecule has 0 bridgehead atoms. The van der Waals surface area contributed by atoms with Crippen LogP contribution in [0.4, 0.5) is 5.69 Å². The summed E-state index contributed by atoms with van der Waals surface area (Å²) in [6.45, 7) is 4.02. The zero-order valence-electron chi connectivity index (χ0n) is 15.7. The number of carbonyl (C=O) groups is 2. The number of esters is 1. The summed E-state index contributed by atoms with van der Waals surface area (Å²) in [6.07, 6.45) is 0. The normalized spacial score (nSPS) is 10.5. The summed E-state index contributed by atoms with van der Waals surface area (Å²) < 4.78 is 4.66. The Labute approximate surface area is 166 Å². The molecule has 0 atom stereocenters. The topological polar surface area (TPSA) is 99.0 Å². The van der Waals surface area contributed by atoms with Crippen LogP contribution in [0.5, 0.6) is 0 Å². The van der Waals surface area contributed by atoms with Gasteiger partial charge in [0.2, 0.25) is 11.1 Å². The lowest BCUT2D eigenvalue weighted by Gasteiger charge is -2.06. The van der Waals surface area contributed by atoms with Crippen LogP contribution < -0.4 is 5.32 Å². The van der Waals surface area contributed by atoms with Crippen molar-refractivity contribution in [3.05, 3.63) is 59.2 Å². The maximum atomic E-state index is 12.1. The van der Waals surface area contributed by atoms with Gasteiger partial charge in [-0.15, -0.1) is 15.0 Å². The molecule has 0 aliphatic rings. The molecular formula is C19H19N5O3S. The molecule has 0 aliphatic heterocycles. The molecule has 1 heterocycles. The quantitative estimate of drug-likeness (QED) is 0.504. The summed E-state index contributed by atoms with van der Waals surface area (Å²) in [5.74, 6) is -0.393. The Morgan fingerprint density at radius 3 is 2.54 bits per heavy atom. The lowest BCUT2D eigenvalue weighted by atomic mass is 10.1. The molecule has 28 heavy (non-hydrogen) atoms. The fourth-order valence-corrected chi connectivity index (χ4v) is 2.93. The molecule has 3 rings (SSSR count). The van der Waals surface area contributed by atoms with E-state index in [1.807, 2.05) is 32.0 Å². The molecule has 1 aromatic heterocycles. The lowest BCUT2D eigenvalue weighted by molar-refractivity contribution is -0.113. The Bertz CT molecular complexity index is 1000. The fraction of sp³-hybridized carbons (Fsp3) is 0.211. The summed E-state index contributed by atoms with van der Waals surface area (Å²) in [4.78, 5) is 24.9. The van der Waals surface area contributed by atoms with Gasteiger partial charge in [-0.25, -0.2) is 4.79 Å². The van der Waals surface area contributed by atoms with Crippen LogP contribution in [0.3, 0.4) is 0 Å². The monoisotopic (exact) mass is 397 g/mol. The maximum Gasteiger partial charge on any atom is 0.337 e. The predicted molar refractivity (Wildman–Crippen MR) is 106 cm³/mol. The number of carbonyl (C=O) groups excluding carboxylic acids is 2. The maximum absolute atomic E-state index is 12.1. The molecule has 0 unspecified atom stereocenters. The number of benzene rings is 2. The van der Waals surface area contributed by atoms with Gasteiger partial charge in [0, 0.05) is 5.69 Å². The number of hydrogen-bond acceptors (Lipinski definition) is 7. The van der Waals surface area contributed by atoms with E-state index in [2.05, 4.69) is 25.5 Å². The molecule has 2 aromatic carbocycles. The average molecular weight is 397 g/mol. The van der Waals surface area contributed by atoms with Crippen molar-refractivity contribution in [2.45, 2.75) is 19.0 Å². The SMILES string of the molecule is COC(=O)c1ccc(-n2nnc(SCC(=O)Nc3ccc(C)c(C)c3)n2)cc1. The van der Waals surface area contributed by atoms with Crippen LogP contribution in [0, 0.1) is 13.8 Å². The highest BCUT2D eigenvalue weighted by Crippen LogP contribution is 2.17. The van der Waals surface area contributed by atoms with Crippen molar-refractivity contribution in [1.82, 2.24) is 20.2 Å². The second kappa shape index (κ2) is 8.66. The third-order valence-corrected chi connectivity index (χ3v) is 4.87. The Morgan fingerprint density at radius 2 is 1.86 bits per heavy atom. The number of methoxy groups -OCH3 is 1. The van der Waals surface area contributed by atoms with Crippen molar-refractivity contribution >= 4 is 29.3 Å². The van der Waals surface area contributed by atoms with Crippen molar-refractivity contribution < 1.29 is 14.3 Å². The number of anilines is 1. The van der Waals surface area contributed by atoms with Crippen LogP contribution in [0.15, 0.2) is 47.6 Å². The molecule has 0 radical (unpaired) electrons. The summed E-state index contributed by atoms with van der Waals surface area (Å²) in [5, 5.41) is 15.4. The highest BCUT2D eigenvalue weighted by molar-refractivity contribution is 7.99. The first-order valence-corrected chi connectivity index (χ1v) is 9.43. The Hall–Kier alpha value is -3.20. The molecular weight excluding hydrogens is 378 g/mol. The number of nitrogens with one attached hydrogen (secondary N) is 1. The van der Waals surface area contributed by atoms with Crippen molar-refractivity contribution in [2.75, 3.05) is 18.2 Å². The number of aromatic nitrogens is 4. The zero-order valence-corrected chi connectivity index (χ0v) is 16.5. The van der Waals surface area contributed by atoms with Crippen molar-refractivity contribution in [3.8, 4) is 5.69 Å². The van der Waals surface area contributed by atoms with Gasteiger partial charge in [0.05, 0.1) is 24.1 Å². The minimum absolute atomic E-state index is 0.146. The second-order valence-corrected chi connectivity index (χ2v) is 6.98. The van der Waals surface area contributed by atoms with E-state index in [4.69, 9.17) is 0 Å². The van der Waals surface area contributed by atoms with Crippen LogP contribution in [-0.2, 0) is 9.53 Å². The Morgan fingerprint density at radius 1 is 1.11 bits per heavy atom. The first kappa shape index (κ1) is 19.6. The third kappa shape index (κ3) is 4.74. The number of tetrazole rings is 1. The van der Waals surface area contributed by atoms with E-state index >= 15 is 0 Å². The van der Waals surface area contributed by atoms with Gasteiger partial charge in [0.15, 0.2) is 0 Å². The van der Waals surface area contributed by atoms with Gasteiger partial charge in [-0.3, -0.25) is 4.79 Å². The lowest BCUT2D eigenvalue weighted by Crippen LogP contribution is -2.14. The number of amides is 1. The Balaban J connectivity index is 1.57. The number of thioether (sulfide) groups is 1. The van der Waals surface area contributed by atoms with Crippen LogP contribution in [0.25, 0.3) is 5.69 Å². The molecule has 0 fully saturated rings. The van der Waals surface area contributed by atoms with E-state index < -0.39 is 5.97 Å².